The van der Waals surface area contributed by atoms with E-state index in [9.17, 15) is 4.79 Å². The number of nitrogens with zero attached hydrogens (tertiary/aromatic N) is 3. The monoisotopic (exact) mass is 347 g/mol. The highest BCUT2D eigenvalue weighted by molar-refractivity contribution is 7.15. The third-order valence-corrected chi connectivity index (χ3v) is 5.50. The number of nitrogens with one attached hydrogen (secondary N) is 2. The average Bonchev–Trinajstić information content (AvgIpc) is 3.29. The molecule has 1 amide bonds. The number of aromatic nitrogens is 4. The summed E-state index contributed by atoms with van der Waals surface area (Å²) in [4.78, 5) is 13.3. The minimum absolute atomic E-state index is 0.281. The van der Waals surface area contributed by atoms with Crippen LogP contribution in [0.3, 0.4) is 0 Å². The Labute approximate surface area is 142 Å². The molecule has 0 radical (unpaired) electrons. The van der Waals surface area contributed by atoms with E-state index in [1.54, 1.807) is 17.4 Å². The molecule has 0 aliphatic rings. The van der Waals surface area contributed by atoms with Gasteiger partial charge in [-0.3, -0.25) is 15.2 Å². The molecular formula is C15H17N5OS2. The third kappa shape index (κ3) is 3.48. The molecule has 2 N–H and O–H groups in total. The molecule has 120 valence electrons. The van der Waals surface area contributed by atoms with Crippen LogP contribution in [-0.2, 0) is 0 Å². The summed E-state index contributed by atoms with van der Waals surface area (Å²) in [5.41, 5.74) is 1.17. The number of carbonyl (C=O) groups is 1. The molecule has 0 aliphatic carbocycles. The largest absolute Gasteiger partial charge is 0.295 e. The van der Waals surface area contributed by atoms with E-state index in [4.69, 9.17) is 0 Å². The van der Waals surface area contributed by atoms with Crippen molar-refractivity contribution in [3.8, 4) is 10.6 Å². The molecule has 0 unspecified atom stereocenters. The number of anilines is 1. The Morgan fingerprint density at radius 3 is 2.87 bits per heavy atom. The Kier molecular flexibility index (Phi) is 4.82. The van der Waals surface area contributed by atoms with Crippen molar-refractivity contribution < 1.29 is 4.79 Å². The second-order valence-corrected chi connectivity index (χ2v) is 7.01. The Morgan fingerprint density at radius 2 is 2.17 bits per heavy atom. The van der Waals surface area contributed by atoms with E-state index in [1.165, 1.54) is 11.3 Å². The molecule has 0 bridgehead atoms. The first-order chi connectivity index (χ1) is 11.2. The van der Waals surface area contributed by atoms with Crippen molar-refractivity contribution in [3.05, 3.63) is 34.3 Å². The molecule has 23 heavy (non-hydrogen) atoms. The van der Waals surface area contributed by atoms with E-state index >= 15 is 0 Å². The summed E-state index contributed by atoms with van der Waals surface area (Å²) in [7, 11) is 0. The molecule has 0 saturated heterocycles. The fourth-order valence-electron chi connectivity index (χ4n) is 2.25. The molecule has 0 spiro atoms. The first-order valence-corrected chi connectivity index (χ1v) is 9.14. The number of carbonyl (C=O) groups excluding carboxylic acids is 1. The molecule has 3 aromatic heterocycles. The SMILES string of the molecule is CCC(CC)c1nnc(NC(=O)c2cc(-c3cccs3)[nH]n2)s1. The highest BCUT2D eigenvalue weighted by atomic mass is 32.1. The second kappa shape index (κ2) is 7.01. The number of rotatable bonds is 6. The van der Waals surface area contributed by atoms with E-state index in [0.29, 0.717) is 16.7 Å². The Bertz CT molecular complexity index is 774. The smallest absolute Gasteiger partial charge is 0.277 e. The van der Waals surface area contributed by atoms with Crippen LogP contribution in [0.15, 0.2) is 23.6 Å². The standard InChI is InChI=1S/C15H17N5OS2/c1-3-9(4-2)14-19-20-15(23-14)16-13(21)11-8-10(17-18-11)12-6-5-7-22-12/h5-9H,3-4H2,1-2H3,(H,17,18)(H,16,20,21). The minimum atomic E-state index is -0.281. The number of thiophene rings is 1. The molecule has 0 atom stereocenters. The molecule has 3 aromatic rings. The molecule has 0 fully saturated rings. The molecule has 3 rings (SSSR count). The molecule has 0 aromatic carbocycles. The zero-order valence-electron chi connectivity index (χ0n) is 12.9. The maximum atomic E-state index is 12.3. The van der Waals surface area contributed by atoms with Gasteiger partial charge in [0.2, 0.25) is 5.13 Å². The van der Waals surface area contributed by atoms with Crippen molar-refractivity contribution in [2.75, 3.05) is 5.32 Å². The lowest BCUT2D eigenvalue weighted by Gasteiger charge is -2.05. The summed E-state index contributed by atoms with van der Waals surface area (Å²) in [6, 6.07) is 5.68. The van der Waals surface area contributed by atoms with Gasteiger partial charge in [-0.2, -0.15) is 5.10 Å². The molecule has 0 aliphatic heterocycles. The maximum Gasteiger partial charge on any atom is 0.277 e. The number of aromatic amines is 1. The quantitative estimate of drug-likeness (QED) is 0.702. The van der Waals surface area contributed by atoms with Crippen molar-refractivity contribution in [2.45, 2.75) is 32.6 Å². The van der Waals surface area contributed by atoms with Crippen LogP contribution >= 0.6 is 22.7 Å². The summed E-state index contributed by atoms with van der Waals surface area (Å²) in [6.45, 7) is 4.26. The van der Waals surface area contributed by atoms with E-state index in [0.717, 1.165) is 28.4 Å². The topological polar surface area (TPSA) is 83.6 Å². The van der Waals surface area contributed by atoms with Crippen LogP contribution in [0.25, 0.3) is 10.6 Å². The molecule has 6 nitrogen and oxygen atoms in total. The summed E-state index contributed by atoms with van der Waals surface area (Å²) in [5.74, 6) is 0.116. The number of hydrogen-bond donors (Lipinski definition) is 2. The van der Waals surface area contributed by atoms with Gasteiger partial charge in [0.25, 0.3) is 5.91 Å². The van der Waals surface area contributed by atoms with Crippen molar-refractivity contribution in [1.29, 1.82) is 0 Å². The van der Waals surface area contributed by atoms with Gasteiger partial charge < -0.3 is 0 Å². The summed E-state index contributed by atoms with van der Waals surface area (Å²) < 4.78 is 0. The van der Waals surface area contributed by atoms with E-state index in [2.05, 4.69) is 39.6 Å². The zero-order chi connectivity index (χ0) is 16.2. The van der Waals surface area contributed by atoms with Crippen LogP contribution in [0.2, 0.25) is 0 Å². The Balaban J connectivity index is 1.70. The molecule has 3 heterocycles. The van der Waals surface area contributed by atoms with Crippen LogP contribution < -0.4 is 5.32 Å². The first kappa shape index (κ1) is 15.8. The second-order valence-electron chi connectivity index (χ2n) is 5.06. The van der Waals surface area contributed by atoms with E-state index in [-0.39, 0.29) is 5.91 Å². The van der Waals surface area contributed by atoms with Crippen LogP contribution in [0, 0.1) is 0 Å². The zero-order valence-corrected chi connectivity index (χ0v) is 14.5. The predicted molar refractivity (Wildman–Crippen MR) is 93.1 cm³/mol. The fraction of sp³-hybridized carbons (Fsp3) is 0.333. The third-order valence-electron chi connectivity index (χ3n) is 3.59. The first-order valence-electron chi connectivity index (χ1n) is 7.45. The van der Waals surface area contributed by atoms with Crippen molar-refractivity contribution in [1.82, 2.24) is 20.4 Å². The van der Waals surface area contributed by atoms with Gasteiger partial charge in [0, 0.05) is 5.92 Å². The van der Waals surface area contributed by atoms with Crippen LogP contribution in [-0.4, -0.2) is 26.3 Å². The Hall–Kier alpha value is -2.06. The van der Waals surface area contributed by atoms with Gasteiger partial charge in [-0.1, -0.05) is 31.3 Å². The summed E-state index contributed by atoms with van der Waals surface area (Å²) in [6.07, 6.45) is 2.03. The highest BCUT2D eigenvalue weighted by Crippen LogP contribution is 2.28. The lowest BCUT2D eigenvalue weighted by molar-refractivity contribution is 0.102. The van der Waals surface area contributed by atoms with Gasteiger partial charge in [0.1, 0.15) is 5.01 Å². The van der Waals surface area contributed by atoms with Gasteiger partial charge in [0.05, 0.1) is 10.6 Å². The van der Waals surface area contributed by atoms with Gasteiger partial charge in [0.15, 0.2) is 5.69 Å². The summed E-state index contributed by atoms with van der Waals surface area (Å²) >= 11 is 3.02. The van der Waals surface area contributed by atoms with Crippen molar-refractivity contribution >= 4 is 33.7 Å². The average molecular weight is 347 g/mol. The number of H-pyrrole nitrogens is 1. The van der Waals surface area contributed by atoms with Crippen molar-refractivity contribution in [2.24, 2.45) is 0 Å². The molecule has 0 saturated carbocycles. The Morgan fingerprint density at radius 1 is 1.35 bits per heavy atom. The van der Waals surface area contributed by atoms with Gasteiger partial charge in [-0.05, 0) is 30.4 Å². The highest BCUT2D eigenvalue weighted by Gasteiger charge is 2.17. The lowest BCUT2D eigenvalue weighted by atomic mass is 10.1. The normalized spacial score (nSPS) is 11.1. The maximum absolute atomic E-state index is 12.3. The van der Waals surface area contributed by atoms with Gasteiger partial charge in [-0.15, -0.1) is 21.5 Å². The molecular weight excluding hydrogens is 330 g/mol. The fourth-order valence-corrected chi connectivity index (χ4v) is 3.94. The van der Waals surface area contributed by atoms with E-state index < -0.39 is 0 Å². The van der Waals surface area contributed by atoms with Crippen LogP contribution in [0.4, 0.5) is 5.13 Å². The van der Waals surface area contributed by atoms with Gasteiger partial charge in [-0.25, -0.2) is 0 Å². The molecule has 8 heteroatoms. The van der Waals surface area contributed by atoms with Crippen molar-refractivity contribution in [3.63, 3.8) is 0 Å². The van der Waals surface area contributed by atoms with Gasteiger partial charge >= 0.3 is 0 Å². The lowest BCUT2D eigenvalue weighted by Crippen LogP contribution is -2.12. The minimum Gasteiger partial charge on any atom is -0.295 e. The number of amides is 1. The van der Waals surface area contributed by atoms with Crippen LogP contribution in [0.5, 0.6) is 0 Å². The summed E-state index contributed by atoms with van der Waals surface area (Å²) in [5, 5.41) is 21.4. The van der Waals surface area contributed by atoms with Crippen LogP contribution in [0.1, 0.15) is 48.1 Å². The number of hydrogen-bond acceptors (Lipinski definition) is 6. The van der Waals surface area contributed by atoms with E-state index in [1.807, 2.05) is 17.5 Å². The predicted octanol–water partition coefficient (Wildman–Crippen LogP) is 4.15.